The summed E-state index contributed by atoms with van der Waals surface area (Å²) in [6.07, 6.45) is -0.606. The standard InChI is InChI=1S/C23H23NO3/c1-16-8-7-11-22(17(16)2)26-18(3)23(25)24-19-12-14-21(15-13-19)27-20-9-5-4-6-10-20/h4-15,18H,1-3H3,(H,24,25)/t18-/m1/s1. The second kappa shape index (κ2) is 8.41. The fourth-order valence-corrected chi connectivity index (χ4v) is 2.57. The Morgan fingerprint density at radius 2 is 1.52 bits per heavy atom. The predicted molar refractivity (Wildman–Crippen MR) is 108 cm³/mol. The molecule has 0 aliphatic heterocycles. The van der Waals surface area contributed by atoms with Crippen molar-refractivity contribution >= 4 is 11.6 Å². The molecule has 1 N–H and O–H groups in total. The normalized spacial score (nSPS) is 11.5. The highest BCUT2D eigenvalue weighted by Crippen LogP contribution is 2.24. The van der Waals surface area contributed by atoms with Crippen molar-refractivity contribution in [1.29, 1.82) is 0 Å². The van der Waals surface area contributed by atoms with Crippen molar-refractivity contribution in [3.8, 4) is 17.2 Å². The molecule has 0 aliphatic carbocycles. The number of rotatable bonds is 6. The highest BCUT2D eigenvalue weighted by molar-refractivity contribution is 5.94. The molecule has 0 heterocycles. The first-order chi connectivity index (χ1) is 13.0. The van der Waals surface area contributed by atoms with Gasteiger partial charge in [0, 0.05) is 5.69 Å². The number of anilines is 1. The summed E-state index contributed by atoms with van der Waals surface area (Å²) in [5, 5.41) is 2.87. The van der Waals surface area contributed by atoms with Crippen LogP contribution in [0.3, 0.4) is 0 Å². The van der Waals surface area contributed by atoms with Crippen LogP contribution in [0.2, 0.25) is 0 Å². The van der Waals surface area contributed by atoms with Gasteiger partial charge in [-0.3, -0.25) is 4.79 Å². The molecule has 4 heteroatoms. The number of benzene rings is 3. The zero-order valence-electron chi connectivity index (χ0n) is 15.7. The van der Waals surface area contributed by atoms with Crippen LogP contribution in [0.4, 0.5) is 5.69 Å². The Morgan fingerprint density at radius 3 is 2.22 bits per heavy atom. The van der Waals surface area contributed by atoms with Crippen molar-refractivity contribution in [1.82, 2.24) is 0 Å². The summed E-state index contributed by atoms with van der Waals surface area (Å²) in [6.45, 7) is 5.75. The van der Waals surface area contributed by atoms with Gasteiger partial charge in [0.15, 0.2) is 6.10 Å². The number of para-hydroxylation sites is 1. The van der Waals surface area contributed by atoms with Gasteiger partial charge in [-0.2, -0.15) is 0 Å². The summed E-state index contributed by atoms with van der Waals surface area (Å²) in [5.74, 6) is 2.00. The Hall–Kier alpha value is -3.27. The van der Waals surface area contributed by atoms with Gasteiger partial charge in [-0.05, 0) is 74.4 Å². The average Bonchev–Trinajstić information content (AvgIpc) is 2.68. The fraction of sp³-hybridized carbons (Fsp3) is 0.174. The van der Waals surface area contributed by atoms with E-state index in [4.69, 9.17) is 9.47 Å². The van der Waals surface area contributed by atoms with Gasteiger partial charge >= 0.3 is 0 Å². The van der Waals surface area contributed by atoms with Crippen molar-refractivity contribution in [3.05, 3.63) is 83.9 Å². The third kappa shape index (κ3) is 4.88. The number of amides is 1. The van der Waals surface area contributed by atoms with Crippen LogP contribution in [0.25, 0.3) is 0 Å². The maximum absolute atomic E-state index is 12.4. The molecule has 4 nitrogen and oxygen atoms in total. The van der Waals surface area contributed by atoms with Crippen LogP contribution in [-0.4, -0.2) is 12.0 Å². The number of nitrogens with one attached hydrogen (secondary N) is 1. The lowest BCUT2D eigenvalue weighted by Gasteiger charge is -2.17. The van der Waals surface area contributed by atoms with Crippen LogP contribution < -0.4 is 14.8 Å². The molecule has 0 fully saturated rings. The largest absolute Gasteiger partial charge is 0.481 e. The average molecular weight is 361 g/mol. The summed E-state index contributed by atoms with van der Waals surface area (Å²) < 4.78 is 11.6. The highest BCUT2D eigenvalue weighted by atomic mass is 16.5. The minimum Gasteiger partial charge on any atom is -0.481 e. The molecule has 3 aromatic carbocycles. The van der Waals surface area contributed by atoms with Gasteiger partial charge in [-0.1, -0.05) is 30.3 Å². The predicted octanol–water partition coefficient (Wildman–Crippen LogP) is 5.50. The molecule has 1 atom stereocenters. The van der Waals surface area contributed by atoms with E-state index in [0.29, 0.717) is 11.4 Å². The van der Waals surface area contributed by atoms with Gasteiger partial charge in [0.25, 0.3) is 5.91 Å². The summed E-state index contributed by atoms with van der Waals surface area (Å²) in [6, 6.07) is 22.6. The number of hydrogen-bond donors (Lipinski definition) is 1. The lowest BCUT2D eigenvalue weighted by atomic mass is 10.1. The Morgan fingerprint density at radius 1 is 0.852 bits per heavy atom. The third-order valence-corrected chi connectivity index (χ3v) is 4.33. The molecule has 3 aromatic rings. The first kappa shape index (κ1) is 18.5. The Kier molecular flexibility index (Phi) is 5.77. The van der Waals surface area contributed by atoms with Gasteiger partial charge < -0.3 is 14.8 Å². The van der Waals surface area contributed by atoms with Crippen molar-refractivity contribution < 1.29 is 14.3 Å². The lowest BCUT2D eigenvalue weighted by Crippen LogP contribution is -2.30. The molecule has 0 bridgehead atoms. The van der Waals surface area contributed by atoms with E-state index < -0.39 is 6.10 Å². The third-order valence-electron chi connectivity index (χ3n) is 4.33. The van der Waals surface area contributed by atoms with E-state index in [9.17, 15) is 4.79 Å². The van der Waals surface area contributed by atoms with Gasteiger partial charge in [0.2, 0.25) is 0 Å². The Labute approximate surface area is 159 Å². The second-order valence-electron chi connectivity index (χ2n) is 6.39. The highest BCUT2D eigenvalue weighted by Gasteiger charge is 2.16. The van der Waals surface area contributed by atoms with Crippen LogP contribution >= 0.6 is 0 Å². The Balaban J connectivity index is 1.59. The SMILES string of the molecule is Cc1cccc(O[C@H](C)C(=O)Nc2ccc(Oc3ccccc3)cc2)c1C. The van der Waals surface area contributed by atoms with E-state index in [-0.39, 0.29) is 5.91 Å². The first-order valence-electron chi connectivity index (χ1n) is 8.89. The van der Waals surface area contributed by atoms with Crippen LogP contribution in [0, 0.1) is 13.8 Å². The van der Waals surface area contributed by atoms with E-state index >= 15 is 0 Å². The molecule has 0 saturated carbocycles. The molecular formula is C23H23NO3. The molecule has 0 unspecified atom stereocenters. The second-order valence-corrected chi connectivity index (χ2v) is 6.39. The molecular weight excluding hydrogens is 338 g/mol. The van der Waals surface area contributed by atoms with E-state index in [1.807, 2.05) is 74.5 Å². The molecule has 0 saturated heterocycles. The molecule has 3 rings (SSSR count). The molecule has 0 radical (unpaired) electrons. The van der Waals surface area contributed by atoms with E-state index in [1.165, 1.54) is 0 Å². The fourth-order valence-electron chi connectivity index (χ4n) is 2.57. The minimum atomic E-state index is -0.606. The molecule has 0 aromatic heterocycles. The van der Waals surface area contributed by atoms with Crippen molar-refractivity contribution in [2.24, 2.45) is 0 Å². The lowest BCUT2D eigenvalue weighted by molar-refractivity contribution is -0.122. The topological polar surface area (TPSA) is 47.6 Å². The zero-order chi connectivity index (χ0) is 19.2. The van der Waals surface area contributed by atoms with Crippen LogP contribution in [0.15, 0.2) is 72.8 Å². The van der Waals surface area contributed by atoms with Crippen molar-refractivity contribution in [2.75, 3.05) is 5.32 Å². The summed E-state index contributed by atoms with van der Waals surface area (Å²) >= 11 is 0. The quantitative estimate of drug-likeness (QED) is 0.630. The van der Waals surface area contributed by atoms with Crippen LogP contribution in [0.1, 0.15) is 18.1 Å². The van der Waals surface area contributed by atoms with Gasteiger partial charge in [-0.15, -0.1) is 0 Å². The molecule has 0 aliphatic rings. The number of ether oxygens (including phenoxy) is 2. The van der Waals surface area contributed by atoms with Crippen LogP contribution in [-0.2, 0) is 4.79 Å². The number of hydrogen-bond acceptors (Lipinski definition) is 3. The van der Waals surface area contributed by atoms with Crippen molar-refractivity contribution in [3.63, 3.8) is 0 Å². The van der Waals surface area contributed by atoms with Gasteiger partial charge in [0.05, 0.1) is 0 Å². The zero-order valence-corrected chi connectivity index (χ0v) is 15.7. The summed E-state index contributed by atoms with van der Waals surface area (Å²) in [5.41, 5.74) is 2.87. The first-order valence-corrected chi connectivity index (χ1v) is 8.89. The summed E-state index contributed by atoms with van der Waals surface area (Å²) in [4.78, 5) is 12.4. The number of carbonyl (C=O) groups excluding carboxylic acids is 1. The number of aryl methyl sites for hydroxylation is 1. The van der Waals surface area contributed by atoms with E-state index in [2.05, 4.69) is 5.32 Å². The summed E-state index contributed by atoms with van der Waals surface area (Å²) in [7, 11) is 0. The molecule has 1 amide bonds. The molecule has 138 valence electrons. The van der Waals surface area contributed by atoms with Crippen molar-refractivity contribution in [2.45, 2.75) is 26.9 Å². The van der Waals surface area contributed by atoms with E-state index in [1.54, 1.807) is 19.1 Å². The molecule has 27 heavy (non-hydrogen) atoms. The Bertz CT molecular complexity index is 905. The maximum Gasteiger partial charge on any atom is 0.265 e. The monoisotopic (exact) mass is 361 g/mol. The van der Waals surface area contributed by atoms with E-state index in [0.717, 1.165) is 22.6 Å². The van der Waals surface area contributed by atoms with Crippen LogP contribution in [0.5, 0.6) is 17.2 Å². The van der Waals surface area contributed by atoms with Gasteiger partial charge in [0.1, 0.15) is 17.2 Å². The minimum absolute atomic E-state index is 0.201. The van der Waals surface area contributed by atoms with Gasteiger partial charge in [-0.25, -0.2) is 0 Å². The smallest absolute Gasteiger partial charge is 0.265 e. The maximum atomic E-state index is 12.4. The molecule has 0 spiro atoms. The number of carbonyl (C=O) groups is 1.